The van der Waals surface area contributed by atoms with Crippen LogP contribution in [0.5, 0.6) is 0 Å². The fourth-order valence-corrected chi connectivity index (χ4v) is 2.01. The lowest BCUT2D eigenvalue weighted by Gasteiger charge is -2.26. The molecule has 1 saturated carbocycles. The van der Waals surface area contributed by atoms with Crippen molar-refractivity contribution in [3.63, 3.8) is 0 Å². The summed E-state index contributed by atoms with van der Waals surface area (Å²) in [6, 6.07) is -0.561. The Balaban J connectivity index is 2.42. The van der Waals surface area contributed by atoms with Gasteiger partial charge in [-0.05, 0) is 32.1 Å². The second-order valence-corrected chi connectivity index (χ2v) is 4.42. The highest BCUT2D eigenvalue weighted by molar-refractivity contribution is 5.84. The molecule has 1 aliphatic carbocycles. The molecule has 0 radical (unpaired) electrons. The molecule has 0 aliphatic heterocycles. The first kappa shape index (κ1) is 13.0. The fourth-order valence-electron chi connectivity index (χ4n) is 2.01. The molecule has 4 N–H and O–H groups in total. The van der Waals surface area contributed by atoms with Crippen molar-refractivity contribution >= 4 is 11.9 Å². The Hall–Kier alpha value is -1.10. The van der Waals surface area contributed by atoms with Gasteiger partial charge in [0.2, 0.25) is 5.91 Å². The van der Waals surface area contributed by atoms with Crippen LogP contribution in [-0.2, 0) is 9.59 Å². The first-order chi connectivity index (χ1) is 7.54. The Morgan fingerprint density at radius 2 is 1.94 bits per heavy atom. The smallest absolute Gasteiger partial charge is 0.326 e. The number of aliphatic carboxylic acids is 1. The summed E-state index contributed by atoms with van der Waals surface area (Å²) >= 11 is 0. The number of carboxylic acids is 1. The normalized spacial score (nSPS) is 27.1. The number of hydrogen-bond donors (Lipinski definition) is 3. The van der Waals surface area contributed by atoms with Gasteiger partial charge in [0, 0.05) is 12.0 Å². The topological polar surface area (TPSA) is 92.4 Å². The van der Waals surface area contributed by atoms with Crippen molar-refractivity contribution in [1.82, 2.24) is 5.32 Å². The van der Waals surface area contributed by atoms with Gasteiger partial charge in [-0.1, -0.05) is 6.92 Å². The molecule has 1 aliphatic rings. The lowest BCUT2D eigenvalue weighted by atomic mass is 9.86. The van der Waals surface area contributed by atoms with Crippen LogP contribution in [0.25, 0.3) is 0 Å². The van der Waals surface area contributed by atoms with E-state index in [4.69, 9.17) is 10.8 Å². The second kappa shape index (κ2) is 5.84. The maximum absolute atomic E-state index is 11.8. The molecule has 0 aromatic rings. The fraction of sp³-hybridized carbons (Fsp3) is 0.818. The van der Waals surface area contributed by atoms with Crippen LogP contribution in [0.2, 0.25) is 0 Å². The number of carboxylic acid groups (broad SMARTS) is 1. The largest absolute Gasteiger partial charge is 0.480 e. The van der Waals surface area contributed by atoms with Gasteiger partial charge in [-0.15, -0.1) is 0 Å². The SMILES string of the molecule is CCC(NC(=O)C1CCC(N)CC1)C(=O)O. The molecule has 1 amide bonds. The van der Waals surface area contributed by atoms with Crippen molar-refractivity contribution in [2.75, 3.05) is 0 Å². The zero-order chi connectivity index (χ0) is 12.1. The Bertz CT molecular complexity index is 260. The van der Waals surface area contributed by atoms with Crippen molar-refractivity contribution in [2.45, 2.75) is 51.1 Å². The highest BCUT2D eigenvalue weighted by Crippen LogP contribution is 2.23. The summed E-state index contributed by atoms with van der Waals surface area (Å²) in [5, 5.41) is 11.4. The minimum atomic E-state index is -0.969. The van der Waals surface area contributed by atoms with Gasteiger partial charge in [0.15, 0.2) is 0 Å². The van der Waals surface area contributed by atoms with Crippen LogP contribution in [0, 0.1) is 5.92 Å². The van der Waals surface area contributed by atoms with Crippen LogP contribution in [0.4, 0.5) is 0 Å². The Morgan fingerprint density at radius 3 is 2.38 bits per heavy atom. The van der Waals surface area contributed by atoms with Gasteiger partial charge in [-0.2, -0.15) is 0 Å². The van der Waals surface area contributed by atoms with Crippen molar-refractivity contribution in [2.24, 2.45) is 11.7 Å². The summed E-state index contributed by atoms with van der Waals surface area (Å²) < 4.78 is 0. The van der Waals surface area contributed by atoms with E-state index >= 15 is 0 Å². The van der Waals surface area contributed by atoms with Crippen LogP contribution in [0.15, 0.2) is 0 Å². The van der Waals surface area contributed by atoms with E-state index in [0.29, 0.717) is 6.42 Å². The van der Waals surface area contributed by atoms with Crippen molar-refractivity contribution in [1.29, 1.82) is 0 Å². The maximum Gasteiger partial charge on any atom is 0.326 e. The number of nitrogens with one attached hydrogen (secondary N) is 1. The molecular weight excluding hydrogens is 208 g/mol. The summed E-state index contributed by atoms with van der Waals surface area (Å²) in [5.74, 6) is -1.17. The van der Waals surface area contributed by atoms with Crippen LogP contribution in [0.3, 0.4) is 0 Å². The minimum Gasteiger partial charge on any atom is -0.480 e. The first-order valence-electron chi connectivity index (χ1n) is 5.83. The quantitative estimate of drug-likeness (QED) is 0.652. The number of nitrogens with two attached hydrogens (primary N) is 1. The van der Waals surface area contributed by atoms with Gasteiger partial charge in [0.05, 0.1) is 0 Å². The van der Waals surface area contributed by atoms with Gasteiger partial charge in [-0.25, -0.2) is 4.79 Å². The molecule has 0 saturated heterocycles. The summed E-state index contributed by atoms with van der Waals surface area (Å²) in [4.78, 5) is 22.5. The molecule has 0 aromatic heterocycles. The Kier molecular flexibility index (Phi) is 4.73. The van der Waals surface area contributed by atoms with Crippen LogP contribution in [0.1, 0.15) is 39.0 Å². The lowest BCUT2D eigenvalue weighted by molar-refractivity contribution is -0.142. The molecule has 16 heavy (non-hydrogen) atoms. The van der Waals surface area contributed by atoms with Crippen molar-refractivity contribution < 1.29 is 14.7 Å². The Labute approximate surface area is 95.4 Å². The summed E-state index contributed by atoms with van der Waals surface area (Å²) in [5.41, 5.74) is 5.75. The number of amides is 1. The molecule has 5 nitrogen and oxygen atoms in total. The first-order valence-corrected chi connectivity index (χ1v) is 5.83. The third-order valence-electron chi connectivity index (χ3n) is 3.17. The highest BCUT2D eigenvalue weighted by Gasteiger charge is 2.27. The predicted molar refractivity (Wildman–Crippen MR) is 59.8 cm³/mol. The molecule has 92 valence electrons. The molecule has 0 aromatic carbocycles. The zero-order valence-electron chi connectivity index (χ0n) is 9.61. The summed E-state index contributed by atoms with van der Waals surface area (Å²) in [6.07, 6.45) is 3.64. The molecule has 1 unspecified atom stereocenters. The molecule has 0 heterocycles. The van der Waals surface area contributed by atoms with Gasteiger partial charge in [0.1, 0.15) is 6.04 Å². The summed E-state index contributed by atoms with van der Waals surface area (Å²) in [6.45, 7) is 1.75. The van der Waals surface area contributed by atoms with Gasteiger partial charge < -0.3 is 16.2 Å². The molecule has 5 heteroatoms. The van der Waals surface area contributed by atoms with Crippen molar-refractivity contribution in [3.8, 4) is 0 Å². The average molecular weight is 228 g/mol. The van der Waals surface area contributed by atoms with Gasteiger partial charge >= 0.3 is 5.97 Å². The van der Waals surface area contributed by atoms with Gasteiger partial charge in [-0.3, -0.25) is 4.79 Å². The third-order valence-corrected chi connectivity index (χ3v) is 3.17. The molecular formula is C11H20N2O3. The second-order valence-electron chi connectivity index (χ2n) is 4.42. The van der Waals surface area contributed by atoms with Crippen molar-refractivity contribution in [3.05, 3.63) is 0 Å². The standard InChI is InChI=1S/C11H20N2O3/c1-2-9(11(15)16)13-10(14)7-3-5-8(12)6-4-7/h7-9H,2-6,12H2,1H3,(H,13,14)(H,15,16). The van der Waals surface area contributed by atoms with E-state index in [1.807, 2.05) is 0 Å². The Morgan fingerprint density at radius 1 is 1.38 bits per heavy atom. The van der Waals surface area contributed by atoms with E-state index in [1.165, 1.54) is 0 Å². The van der Waals surface area contributed by atoms with Crippen LogP contribution in [-0.4, -0.2) is 29.1 Å². The van der Waals surface area contributed by atoms with Gasteiger partial charge in [0.25, 0.3) is 0 Å². The third kappa shape index (κ3) is 3.48. The zero-order valence-corrected chi connectivity index (χ0v) is 9.61. The highest BCUT2D eigenvalue weighted by atomic mass is 16.4. The number of carbonyl (C=O) groups excluding carboxylic acids is 1. The van der Waals surface area contributed by atoms with Crippen LogP contribution >= 0.6 is 0 Å². The van der Waals surface area contributed by atoms with E-state index in [2.05, 4.69) is 5.32 Å². The summed E-state index contributed by atoms with van der Waals surface area (Å²) in [7, 11) is 0. The molecule has 0 spiro atoms. The minimum absolute atomic E-state index is 0.0619. The monoisotopic (exact) mass is 228 g/mol. The number of hydrogen-bond acceptors (Lipinski definition) is 3. The number of rotatable bonds is 4. The predicted octanol–water partition coefficient (Wildman–Crippen LogP) is 0.483. The molecule has 1 rings (SSSR count). The van der Waals surface area contributed by atoms with E-state index in [0.717, 1.165) is 25.7 Å². The molecule has 0 bridgehead atoms. The lowest BCUT2D eigenvalue weighted by Crippen LogP contribution is -2.44. The van der Waals surface area contributed by atoms with E-state index in [-0.39, 0.29) is 17.9 Å². The van der Waals surface area contributed by atoms with E-state index in [1.54, 1.807) is 6.92 Å². The molecule has 1 atom stereocenters. The molecule has 1 fully saturated rings. The maximum atomic E-state index is 11.8. The van der Waals surface area contributed by atoms with E-state index in [9.17, 15) is 9.59 Å². The number of carbonyl (C=O) groups is 2. The average Bonchev–Trinajstić information content (AvgIpc) is 2.26. The van der Waals surface area contributed by atoms with E-state index < -0.39 is 12.0 Å². The van der Waals surface area contributed by atoms with Crippen LogP contribution < -0.4 is 11.1 Å².